The molecule has 0 heteroatoms. The van der Waals surface area contributed by atoms with Crippen molar-refractivity contribution in [1.82, 2.24) is 0 Å². The molecule has 0 unspecified atom stereocenters. The molecule has 10 aromatic carbocycles. The Bertz CT molecular complexity index is 2920. The Labute approximate surface area is 291 Å². The third-order valence-electron chi connectivity index (χ3n) is 10.4. The van der Waals surface area contributed by atoms with Crippen molar-refractivity contribution in [2.75, 3.05) is 0 Å². The summed E-state index contributed by atoms with van der Waals surface area (Å²) in [5.41, 5.74) is 9.99. The second-order valence-corrected chi connectivity index (χ2v) is 13.2. The SMILES string of the molecule is c1ccc(-c2c3ccccc3c(-c3ccc4ccccc4c3)c3cc(-c4cccc5ccccc45)ccc23)c(-c2cccc3ccccc23)c1. The number of fused-ring (bicyclic) bond motifs is 5. The third-order valence-corrected chi connectivity index (χ3v) is 10.4. The van der Waals surface area contributed by atoms with Crippen molar-refractivity contribution in [2.24, 2.45) is 0 Å². The first kappa shape index (κ1) is 28.5. The standard InChI is InChI=1S/C50H32/c1-2-16-36-31-38(28-27-33(36)13-1)49-45-23-9-10-24-46(45)50(44-22-8-7-21-43(44)42-26-12-18-35-15-4-6-20-40(35)42)47-30-29-37(32-48(47)49)41-25-11-17-34-14-3-5-19-39(34)41/h1-32H. The molecule has 0 aliphatic heterocycles. The summed E-state index contributed by atoms with van der Waals surface area (Å²) in [6.07, 6.45) is 0. The van der Waals surface area contributed by atoms with Gasteiger partial charge >= 0.3 is 0 Å². The number of rotatable bonds is 4. The highest BCUT2D eigenvalue weighted by molar-refractivity contribution is 6.24. The molecule has 0 radical (unpaired) electrons. The van der Waals surface area contributed by atoms with Crippen LogP contribution in [-0.4, -0.2) is 0 Å². The Morgan fingerprint density at radius 2 is 0.680 bits per heavy atom. The van der Waals surface area contributed by atoms with E-state index >= 15 is 0 Å². The highest BCUT2D eigenvalue weighted by Gasteiger charge is 2.20. The van der Waals surface area contributed by atoms with E-state index in [2.05, 4.69) is 194 Å². The van der Waals surface area contributed by atoms with Crippen LogP contribution in [0.4, 0.5) is 0 Å². The fourth-order valence-electron chi connectivity index (χ4n) is 8.17. The zero-order chi connectivity index (χ0) is 33.0. The summed E-state index contributed by atoms with van der Waals surface area (Å²) in [4.78, 5) is 0. The van der Waals surface area contributed by atoms with E-state index in [0.29, 0.717) is 0 Å². The molecule has 0 saturated carbocycles. The van der Waals surface area contributed by atoms with E-state index in [4.69, 9.17) is 0 Å². The van der Waals surface area contributed by atoms with Crippen LogP contribution in [0.3, 0.4) is 0 Å². The summed E-state index contributed by atoms with van der Waals surface area (Å²) in [6, 6.07) is 71.5. The summed E-state index contributed by atoms with van der Waals surface area (Å²) < 4.78 is 0. The molecular formula is C50H32. The first-order chi connectivity index (χ1) is 24.8. The first-order valence-corrected chi connectivity index (χ1v) is 17.4. The van der Waals surface area contributed by atoms with Crippen molar-refractivity contribution in [3.63, 3.8) is 0 Å². The molecule has 0 spiro atoms. The summed E-state index contributed by atoms with van der Waals surface area (Å²) in [5.74, 6) is 0. The second-order valence-electron chi connectivity index (χ2n) is 13.2. The maximum atomic E-state index is 2.44. The maximum Gasteiger partial charge on any atom is -0.00201 e. The van der Waals surface area contributed by atoms with Crippen molar-refractivity contribution in [1.29, 1.82) is 0 Å². The molecular weight excluding hydrogens is 601 g/mol. The van der Waals surface area contributed by atoms with E-state index in [-0.39, 0.29) is 0 Å². The largest absolute Gasteiger partial charge is 0.0616 e. The van der Waals surface area contributed by atoms with Crippen LogP contribution < -0.4 is 0 Å². The van der Waals surface area contributed by atoms with Gasteiger partial charge in [-0.25, -0.2) is 0 Å². The molecule has 0 saturated heterocycles. The Hall–Kier alpha value is -6.50. The minimum absolute atomic E-state index is 1.22. The molecule has 232 valence electrons. The summed E-state index contributed by atoms with van der Waals surface area (Å²) in [5, 5.41) is 12.6. The van der Waals surface area contributed by atoms with E-state index in [9.17, 15) is 0 Å². The van der Waals surface area contributed by atoms with Crippen LogP contribution in [0.2, 0.25) is 0 Å². The normalized spacial score (nSPS) is 11.6. The van der Waals surface area contributed by atoms with Gasteiger partial charge < -0.3 is 0 Å². The summed E-state index contributed by atoms with van der Waals surface area (Å²) in [7, 11) is 0. The van der Waals surface area contributed by atoms with E-state index in [1.165, 1.54) is 98.4 Å². The second kappa shape index (κ2) is 11.6. The van der Waals surface area contributed by atoms with Crippen LogP contribution >= 0.6 is 0 Å². The third kappa shape index (κ3) is 4.54. The lowest BCUT2D eigenvalue weighted by molar-refractivity contribution is 1.63. The predicted octanol–water partition coefficient (Wildman–Crippen LogP) is 14.1. The average Bonchev–Trinajstić information content (AvgIpc) is 3.19. The quantitative estimate of drug-likeness (QED) is 0.169. The molecule has 0 nitrogen and oxygen atoms in total. The van der Waals surface area contributed by atoms with E-state index < -0.39 is 0 Å². The minimum atomic E-state index is 1.22. The van der Waals surface area contributed by atoms with Crippen LogP contribution in [0.25, 0.3) is 98.4 Å². The van der Waals surface area contributed by atoms with Crippen molar-refractivity contribution in [3.05, 3.63) is 194 Å². The molecule has 0 N–H and O–H groups in total. The molecule has 0 bridgehead atoms. The first-order valence-electron chi connectivity index (χ1n) is 17.4. The van der Waals surface area contributed by atoms with E-state index in [0.717, 1.165) is 0 Å². The van der Waals surface area contributed by atoms with Gasteiger partial charge in [-0.2, -0.15) is 0 Å². The molecule has 0 fully saturated rings. The van der Waals surface area contributed by atoms with Gasteiger partial charge in [0.1, 0.15) is 0 Å². The lowest BCUT2D eigenvalue weighted by Gasteiger charge is -2.21. The van der Waals surface area contributed by atoms with Gasteiger partial charge in [-0.05, 0) is 111 Å². The van der Waals surface area contributed by atoms with Crippen molar-refractivity contribution in [3.8, 4) is 44.5 Å². The number of benzene rings is 10. The van der Waals surface area contributed by atoms with Crippen LogP contribution in [0.1, 0.15) is 0 Å². The van der Waals surface area contributed by atoms with Crippen molar-refractivity contribution >= 4 is 53.9 Å². The van der Waals surface area contributed by atoms with Gasteiger partial charge in [0, 0.05) is 0 Å². The zero-order valence-electron chi connectivity index (χ0n) is 27.5. The van der Waals surface area contributed by atoms with Crippen molar-refractivity contribution < 1.29 is 0 Å². The van der Waals surface area contributed by atoms with Gasteiger partial charge in [-0.3, -0.25) is 0 Å². The van der Waals surface area contributed by atoms with Gasteiger partial charge in [0.2, 0.25) is 0 Å². The molecule has 0 aromatic heterocycles. The van der Waals surface area contributed by atoms with Gasteiger partial charge in [-0.1, -0.05) is 182 Å². The monoisotopic (exact) mass is 632 g/mol. The van der Waals surface area contributed by atoms with Gasteiger partial charge in [0.25, 0.3) is 0 Å². The smallest absolute Gasteiger partial charge is 0.00201 e. The molecule has 0 aliphatic rings. The van der Waals surface area contributed by atoms with Crippen LogP contribution in [0.5, 0.6) is 0 Å². The number of hydrogen-bond acceptors (Lipinski definition) is 0. The topological polar surface area (TPSA) is 0 Å². The van der Waals surface area contributed by atoms with Gasteiger partial charge in [-0.15, -0.1) is 0 Å². The van der Waals surface area contributed by atoms with E-state index in [1.807, 2.05) is 0 Å². The summed E-state index contributed by atoms with van der Waals surface area (Å²) in [6.45, 7) is 0. The molecule has 0 atom stereocenters. The summed E-state index contributed by atoms with van der Waals surface area (Å²) >= 11 is 0. The minimum Gasteiger partial charge on any atom is -0.0616 e. The number of hydrogen-bond donors (Lipinski definition) is 0. The highest BCUT2D eigenvalue weighted by Crippen LogP contribution is 2.48. The lowest BCUT2D eigenvalue weighted by Crippen LogP contribution is -1.94. The van der Waals surface area contributed by atoms with Crippen LogP contribution in [0.15, 0.2) is 194 Å². The molecule has 0 heterocycles. The van der Waals surface area contributed by atoms with Gasteiger partial charge in [0.15, 0.2) is 0 Å². The Morgan fingerprint density at radius 3 is 1.42 bits per heavy atom. The Balaban J connectivity index is 1.34. The Morgan fingerprint density at radius 1 is 0.200 bits per heavy atom. The van der Waals surface area contributed by atoms with Crippen LogP contribution in [0, 0.1) is 0 Å². The van der Waals surface area contributed by atoms with Gasteiger partial charge in [0.05, 0.1) is 0 Å². The van der Waals surface area contributed by atoms with Crippen molar-refractivity contribution in [2.45, 2.75) is 0 Å². The molecule has 0 aliphatic carbocycles. The molecule has 10 aromatic rings. The predicted molar refractivity (Wildman–Crippen MR) is 216 cm³/mol. The Kier molecular flexibility index (Phi) is 6.60. The fourth-order valence-corrected chi connectivity index (χ4v) is 8.17. The fraction of sp³-hybridized carbons (Fsp3) is 0. The van der Waals surface area contributed by atoms with E-state index in [1.54, 1.807) is 0 Å². The van der Waals surface area contributed by atoms with Crippen LogP contribution in [-0.2, 0) is 0 Å². The lowest BCUT2D eigenvalue weighted by atomic mass is 9.82. The molecule has 50 heavy (non-hydrogen) atoms. The molecule has 0 amide bonds. The molecule has 10 rings (SSSR count). The zero-order valence-corrected chi connectivity index (χ0v) is 27.5. The maximum absolute atomic E-state index is 2.44. The average molecular weight is 633 g/mol. The highest BCUT2D eigenvalue weighted by atomic mass is 14.2.